The average Bonchev–Trinajstić information content (AvgIpc) is 2.58. The second kappa shape index (κ2) is 7.35. The van der Waals surface area contributed by atoms with Crippen LogP contribution in [0, 0.1) is 0 Å². The Morgan fingerprint density at radius 1 is 1.19 bits per heavy atom. The Kier molecular flexibility index (Phi) is 5.15. The molecule has 3 aromatic rings. The number of nitrogens with zero attached hydrogens (tertiary/aromatic N) is 1. The molecule has 0 spiro atoms. The van der Waals surface area contributed by atoms with Crippen molar-refractivity contribution in [1.82, 2.24) is 14.9 Å². The molecule has 3 rings (SSSR count). The molecule has 8 heteroatoms. The van der Waals surface area contributed by atoms with Crippen LogP contribution in [0.2, 0.25) is 10.0 Å². The van der Waals surface area contributed by atoms with Gasteiger partial charge in [0.05, 0.1) is 16.9 Å². The first-order chi connectivity index (χ1) is 12.4. The molecule has 0 fully saturated rings. The Bertz CT molecular complexity index is 1100. The summed E-state index contributed by atoms with van der Waals surface area (Å²) < 4.78 is 1.22. The summed E-state index contributed by atoms with van der Waals surface area (Å²) in [6.07, 6.45) is 0. The molecule has 0 bridgehead atoms. The zero-order valence-corrected chi connectivity index (χ0v) is 15.3. The van der Waals surface area contributed by atoms with E-state index in [1.807, 2.05) is 0 Å². The summed E-state index contributed by atoms with van der Waals surface area (Å²) in [5.74, 6) is -0.386. The van der Waals surface area contributed by atoms with Crippen molar-refractivity contribution in [3.8, 4) is 0 Å². The third-order valence-electron chi connectivity index (χ3n) is 4.01. The fourth-order valence-corrected chi connectivity index (χ4v) is 3.33. The monoisotopic (exact) mass is 391 g/mol. The molecular weight excluding hydrogens is 377 g/mol. The number of hydrogen-bond acceptors (Lipinski definition) is 3. The molecule has 1 heterocycles. The van der Waals surface area contributed by atoms with Crippen molar-refractivity contribution < 1.29 is 4.79 Å². The van der Waals surface area contributed by atoms with E-state index in [0.717, 1.165) is 0 Å². The highest BCUT2D eigenvalue weighted by atomic mass is 35.5. The van der Waals surface area contributed by atoms with E-state index in [-0.39, 0.29) is 18.5 Å². The van der Waals surface area contributed by atoms with Crippen LogP contribution in [0.5, 0.6) is 0 Å². The Morgan fingerprint density at radius 3 is 2.65 bits per heavy atom. The molecule has 0 radical (unpaired) electrons. The second-order valence-corrected chi connectivity index (χ2v) is 6.66. The molecule has 1 aromatic heterocycles. The number of benzene rings is 2. The summed E-state index contributed by atoms with van der Waals surface area (Å²) in [5, 5.41) is 4.08. The summed E-state index contributed by atoms with van der Waals surface area (Å²) in [7, 11) is 0. The van der Waals surface area contributed by atoms with Gasteiger partial charge in [-0.3, -0.25) is 19.1 Å². The lowest BCUT2D eigenvalue weighted by Crippen LogP contribution is -2.37. The van der Waals surface area contributed by atoms with Crippen molar-refractivity contribution in [1.29, 1.82) is 0 Å². The fraction of sp³-hybridized carbons (Fsp3) is 0.167. The minimum atomic E-state index is -0.638. The molecule has 134 valence electrons. The summed E-state index contributed by atoms with van der Waals surface area (Å²) in [6, 6.07) is 11.3. The lowest BCUT2D eigenvalue weighted by molar-refractivity contribution is -0.122. The molecular formula is C18H15Cl2N3O3. The standard InChI is InChI=1S/C18H15Cl2N3O3/c1-10(12-7-6-11(19)8-14(12)20)21-16(24)9-23-15-5-3-2-4-13(15)17(25)22-18(23)26/h2-8,10H,9H2,1H3,(H,21,24)(H,22,25,26). The van der Waals surface area contributed by atoms with Gasteiger partial charge in [-0.05, 0) is 36.8 Å². The minimum absolute atomic E-state index is 0.230. The summed E-state index contributed by atoms with van der Waals surface area (Å²) in [4.78, 5) is 38.6. The zero-order valence-electron chi connectivity index (χ0n) is 13.8. The number of fused-ring (bicyclic) bond motifs is 1. The maximum Gasteiger partial charge on any atom is 0.329 e. The molecule has 26 heavy (non-hydrogen) atoms. The number of H-pyrrole nitrogens is 1. The van der Waals surface area contributed by atoms with E-state index in [4.69, 9.17) is 23.2 Å². The molecule has 0 aliphatic heterocycles. The lowest BCUT2D eigenvalue weighted by Gasteiger charge is -2.17. The molecule has 6 nitrogen and oxygen atoms in total. The van der Waals surface area contributed by atoms with Gasteiger partial charge in [-0.25, -0.2) is 4.79 Å². The first-order valence-electron chi connectivity index (χ1n) is 7.83. The highest BCUT2D eigenvalue weighted by Gasteiger charge is 2.15. The van der Waals surface area contributed by atoms with Crippen molar-refractivity contribution in [2.75, 3.05) is 0 Å². The molecule has 2 aromatic carbocycles. The Hall–Kier alpha value is -2.57. The van der Waals surface area contributed by atoms with E-state index >= 15 is 0 Å². The second-order valence-electron chi connectivity index (χ2n) is 5.82. The number of nitrogens with one attached hydrogen (secondary N) is 2. The predicted molar refractivity (Wildman–Crippen MR) is 102 cm³/mol. The van der Waals surface area contributed by atoms with E-state index in [1.54, 1.807) is 49.4 Å². The zero-order chi connectivity index (χ0) is 18.8. The SMILES string of the molecule is CC(NC(=O)Cn1c(=O)[nH]c(=O)c2ccccc21)c1ccc(Cl)cc1Cl. The molecule has 0 saturated heterocycles. The van der Waals surface area contributed by atoms with Gasteiger partial charge in [0.1, 0.15) is 6.54 Å². The molecule has 0 aliphatic rings. The fourth-order valence-electron chi connectivity index (χ4n) is 2.76. The number of carbonyl (C=O) groups excluding carboxylic acids is 1. The molecule has 1 atom stereocenters. The van der Waals surface area contributed by atoms with Crippen molar-refractivity contribution in [3.63, 3.8) is 0 Å². The van der Waals surface area contributed by atoms with E-state index in [9.17, 15) is 14.4 Å². The lowest BCUT2D eigenvalue weighted by atomic mass is 10.1. The molecule has 1 unspecified atom stereocenters. The van der Waals surface area contributed by atoms with Crippen molar-refractivity contribution in [2.24, 2.45) is 0 Å². The van der Waals surface area contributed by atoms with Crippen LogP contribution in [-0.2, 0) is 11.3 Å². The number of aromatic nitrogens is 2. The average molecular weight is 392 g/mol. The molecule has 1 amide bonds. The van der Waals surface area contributed by atoms with E-state index < -0.39 is 11.2 Å². The topological polar surface area (TPSA) is 84.0 Å². The maximum absolute atomic E-state index is 12.4. The van der Waals surface area contributed by atoms with E-state index in [1.165, 1.54) is 4.57 Å². The van der Waals surface area contributed by atoms with Crippen LogP contribution in [-0.4, -0.2) is 15.5 Å². The van der Waals surface area contributed by atoms with Gasteiger partial charge in [-0.15, -0.1) is 0 Å². The van der Waals surface area contributed by atoms with Crippen LogP contribution >= 0.6 is 23.2 Å². The van der Waals surface area contributed by atoms with Gasteiger partial charge >= 0.3 is 5.69 Å². The number of halogens is 2. The first-order valence-corrected chi connectivity index (χ1v) is 8.58. The van der Waals surface area contributed by atoms with Crippen molar-refractivity contribution in [2.45, 2.75) is 19.5 Å². The quantitative estimate of drug-likeness (QED) is 0.716. The Labute approximate surface area is 158 Å². The van der Waals surface area contributed by atoms with Gasteiger partial charge in [0.25, 0.3) is 5.56 Å². The van der Waals surface area contributed by atoms with Crippen LogP contribution < -0.4 is 16.6 Å². The Balaban J connectivity index is 1.86. The van der Waals surface area contributed by atoms with Gasteiger partial charge in [0.15, 0.2) is 0 Å². The van der Waals surface area contributed by atoms with Crippen LogP contribution in [0.25, 0.3) is 10.9 Å². The smallest absolute Gasteiger partial charge is 0.329 e. The van der Waals surface area contributed by atoms with Crippen molar-refractivity contribution >= 4 is 40.0 Å². The van der Waals surface area contributed by atoms with Gasteiger partial charge in [0, 0.05) is 10.0 Å². The van der Waals surface area contributed by atoms with Crippen molar-refractivity contribution in [3.05, 3.63) is 78.9 Å². The third-order valence-corrected chi connectivity index (χ3v) is 4.58. The number of carbonyl (C=O) groups is 1. The number of para-hydroxylation sites is 1. The highest BCUT2D eigenvalue weighted by Crippen LogP contribution is 2.26. The minimum Gasteiger partial charge on any atom is -0.348 e. The van der Waals surface area contributed by atoms with Gasteiger partial charge < -0.3 is 5.32 Å². The van der Waals surface area contributed by atoms with E-state index in [2.05, 4.69) is 10.3 Å². The highest BCUT2D eigenvalue weighted by molar-refractivity contribution is 6.35. The summed E-state index contributed by atoms with van der Waals surface area (Å²) in [6.45, 7) is 1.55. The van der Waals surface area contributed by atoms with Crippen LogP contribution in [0.4, 0.5) is 0 Å². The molecule has 2 N–H and O–H groups in total. The molecule has 0 saturated carbocycles. The maximum atomic E-state index is 12.4. The van der Waals surface area contributed by atoms with Crippen LogP contribution in [0.15, 0.2) is 52.1 Å². The van der Waals surface area contributed by atoms with Gasteiger partial charge in [-0.2, -0.15) is 0 Å². The van der Waals surface area contributed by atoms with Gasteiger partial charge in [-0.1, -0.05) is 41.4 Å². The third kappa shape index (κ3) is 3.66. The normalized spacial score (nSPS) is 12.1. The molecule has 0 aliphatic carbocycles. The largest absolute Gasteiger partial charge is 0.348 e. The number of hydrogen-bond donors (Lipinski definition) is 2. The van der Waals surface area contributed by atoms with Gasteiger partial charge in [0.2, 0.25) is 5.91 Å². The van der Waals surface area contributed by atoms with E-state index in [0.29, 0.717) is 26.5 Å². The first kappa shape index (κ1) is 18.2. The number of aromatic amines is 1. The summed E-state index contributed by atoms with van der Waals surface area (Å²) in [5.41, 5.74) is -0.0127. The number of rotatable bonds is 4. The number of amides is 1. The van der Waals surface area contributed by atoms with Crippen LogP contribution in [0.1, 0.15) is 18.5 Å². The van der Waals surface area contributed by atoms with Crippen LogP contribution in [0.3, 0.4) is 0 Å². The summed E-state index contributed by atoms with van der Waals surface area (Å²) >= 11 is 12.0. The predicted octanol–water partition coefficient (Wildman–Crippen LogP) is 2.87. The Morgan fingerprint density at radius 2 is 1.92 bits per heavy atom.